The molecule has 7 nitrogen and oxygen atoms in total. The Bertz CT molecular complexity index is 515. The number of aryl methyl sites for hydroxylation is 1. The largest absolute Gasteiger partial charge is 0.480 e. The summed E-state index contributed by atoms with van der Waals surface area (Å²) in [6.07, 6.45) is -0.449. The average molecular weight is 299 g/mol. The van der Waals surface area contributed by atoms with E-state index in [2.05, 4.69) is 10.6 Å². The fraction of sp³-hybridized carbons (Fsp3) is 0.417. The highest BCUT2D eigenvalue weighted by Gasteiger charge is 2.23. The molecule has 0 saturated carbocycles. The van der Waals surface area contributed by atoms with Gasteiger partial charge in [0, 0.05) is 9.75 Å². The second kappa shape index (κ2) is 6.90. The third-order valence-electron chi connectivity index (χ3n) is 2.54. The van der Waals surface area contributed by atoms with Crippen LogP contribution in [0.25, 0.3) is 0 Å². The number of thiophene rings is 1. The van der Waals surface area contributed by atoms with Gasteiger partial charge in [-0.25, -0.2) is 9.59 Å². The molecule has 1 rings (SSSR count). The second-order valence-corrected chi connectivity index (χ2v) is 5.67. The SMILES string of the molecule is Cc1ccc(C(C)NC(=O)N[C@H](CC(N)=O)C(=O)O)s1. The first kappa shape index (κ1) is 16.0. The van der Waals surface area contributed by atoms with Crippen molar-refractivity contribution in [2.24, 2.45) is 5.73 Å². The number of aliphatic carboxylic acids is 1. The number of carboxylic acids is 1. The summed E-state index contributed by atoms with van der Waals surface area (Å²) in [5.74, 6) is -2.10. The van der Waals surface area contributed by atoms with E-state index in [0.29, 0.717) is 0 Å². The molecule has 1 heterocycles. The number of hydrogen-bond donors (Lipinski definition) is 4. The Hall–Kier alpha value is -2.09. The van der Waals surface area contributed by atoms with Crippen molar-refractivity contribution in [1.82, 2.24) is 10.6 Å². The first-order valence-corrected chi connectivity index (χ1v) is 6.75. The molecule has 0 aliphatic carbocycles. The van der Waals surface area contributed by atoms with Gasteiger partial charge in [-0.05, 0) is 26.0 Å². The molecule has 3 amide bonds. The molecule has 110 valence electrons. The number of nitrogens with two attached hydrogens (primary N) is 1. The minimum absolute atomic E-state index is 0.253. The number of carboxylic acid groups (broad SMARTS) is 1. The fourth-order valence-corrected chi connectivity index (χ4v) is 2.43. The molecule has 5 N–H and O–H groups in total. The smallest absolute Gasteiger partial charge is 0.326 e. The summed E-state index contributed by atoms with van der Waals surface area (Å²) < 4.78 is 0. The number of carbonyl (C=O) groups excluding carboxylic acids is 2. The molecule has 1 aromatic rings. The van der Waals surface area contributed by atoms with Crippen LogP contribution in [0.1, 0.15) is 29.1 Å². The number of amides is 3. The average Bonchev–Trinajstić information content (AvgIpc) is 2.74. The van der Waals surface area contributed by atoms with E-state index >= 15 is 0 Å². The van der Waals surface area contributed by atoms with Crippen LogP contribution in [0.4, 0.5) is 4.79 Å². The summed E-state index contributed by atoms with van der Waals surface area (Å²) in [4.78, 5) is 35.4. The van der Waals surface area contributed by atoms with E-state index in [1.165, 1.54) is 0 Å². The maximum absolute atomic E-state index is 11.7. The van der Waals surface area contributed by atoms with E-state index in [4.69, 9.17) is 10.8 Å². The Kier molecular flexibility index (Phi) is 5.51. The van der Waals surface area contributed by atoms with Gasteiger partial charge in [0.25, 0.3) is 0 Å². The molecule has 2 atom stereocenters. The quantitative estimate of drug-likeness (QED) is 0.619. The normalized spacial score (nSPS) is 13.3. The van der Waals surface area contributed by atoms with E-state index in [1.807, 2.05) is 19.1 Å². The van der Waals surface area contributed by atoms with Gasteiger partial charge < -0.3 is 21.5 Å². The Morgan fingerprint density at radius 3 is 2.45 bits per heavy atom. The van der Waals surface area contributed by atoms with Crippen LogP contribution >= 0.6 is 11.3 Å². The molecule has 0 spiro atoms. The van der Waals surface area contributed by atoms with Crippen molar-refractivity contribution in [3.8, 4) is 0 Å². The van der Waals surface area contributed by atoms with E-state index in [9.17, 15) is 14.4 Å². The molecule has 0 aliphatic heterocycles. The lowest BCUT2D eigenvalue weighted by Crippen LogP contribution is -2.48. The van der Waals surface area contributed by atoms with Crippen LogP contribution in [0.5, 0.6) is 0 Å². The molecule has 0 aromatic carbocycles. The Balaban J connectivity index is 2.57. The van der Waals surface area contributed by atoms with E-state index in [0.717, 1.165) is 9.75 Å². The maximum atomic E-state index is 11.7. The predicted molar refractivity (Wildman–Crippen MR) is 74.4 cm³/mol. The number of hydrogen-bond acceptors (Lipinski definition) is 4. The van der Waals surface area contributed by atoms with E-state index < -0.39 is 30.4 Å². The number of rotatable bonds is 6. The van der Waals surface area contributed by atoms with E-state index in [1.54, 1.807) is 18.3 Å². The van der Waals surface area contributed by atoms with Crippen LogP contribution in [0.2, 0.25) is 0 Å². The zero-order valence-corrected chi connectivity index (χ0v) is 12.0. The maximum Gasteiger partial charge on any atom is 0.326 e. The topological polar surface area (TPSA) is 122 Å². The predicted octanol–water partition coefficient (Wildman–Crippen LogP) is 0.745. The van der Waals surface area contributed by atoms with Gasteiger partial charge in [0.1, 0.15) is 6.04 Å². The monoisotopic (exact) mass is 299 g/mol. The molecule has 0 bridgehead atoms. The van der Waals surface area contributed by atoms with E-state index in [-0.39, 0.29) is 6.04 Å². The molecule has 1 aromatic heterocycles. The lowest BCUT2D eigenvalue weighted by atomic mass is 10.2. The third-order valence-corrected chi connectivity index (χ3v) is 3.73. The van der Waals surface area contributed by atoms with Gasteiger partial charge in [0.2, 0.25) is 5.91 Å². The molecule has 0 saturated heterocycles. The summed E-state index contributed by atoms with van der Waals surface area (Å²) in [6.45, 7) is 3.74. The molecule has 20 heavy (non-hydrogen) atoms. The van der Waals surface area contributed by atoms with Crippen LogP contribution < -0.4 is 16.4 Å². The minimum Gasteiger partial charge on any atom is -0.480 e. The van der Waals surface area contributed by atoms with Gasteiger partial charge in [-0.2, -0.15) is 0 Å². The van der Waals surface area contributed by atoms with Gasteiger partial charge in [-0.1, -0.05) is 0 Å². The summed E-state index contributed by atoms with van der Waals surface area (Å²) in [5.41, 5.74) is 4.93. The number of nitrogens with one attached hydrogen (secondary N) is 2. The third kappa shape index (κ3) is 4.88. The second-order valence-electron chi connectivity index (χ2n) is 4.35. The van der Waals surface area contributed by atoms with Gasteiger partial charge in [0.05, 0.1) is 12.5 Å². The highest BCUT2D eigenvalue weighted by molar-refractivity contribution is 7.12. The standard InChI is InChI=1S/C12H17N3O4S/c1-6-3-4-9(20-6)7(2)14-12(19)15-8(11(17)18)5-10(13)16/h3-4,7-8H,5H2,1-2H3,(H2,13,16)(H,17,18)(H2,14,15,19)/t7?,8-/m1/s1. The van der Waals surface area contributed by atoms with Crippen molar-refractivity contribution in [2.45, 2.75) is 32.4 Å². The van der Waals surface area contributed by atoms with Crippen LogP contribution in [0.15, 0.2) is 12.1 Å². The first-order chi connectivity index (χ1) is 9.29. The van der Waals surface area contributed by atoms with Crippen LogP contribution in [0, 0.1) is 6.92 Å². The van der Waals surface area contributed by atoms with Crippen LogP contribution in [-0.4, -0.2) is 29.1 Å². The lowest BCUT2D eigenvalue weighted by molar-refractivity contribution is -0.140. The zero-order valence-electron chi connectivity index (χ0n) is 11.2. The Labute approximate surface area is 120 Å². The minimum atomic E-state index is -1.33. The van der Waals surface area contributed by atoms with Crippen molar-refractivity contribution in [1.29, 1.82) is 0 Å². The van der Waals surface area contributed by atoms with Crippen LogP contribution in [0.3, 0.4) is 0 Å². The molecule has 8 heteroatoms. The van der Waals surface area contributed by atoms with Crippen molar-refractivity contribution in [2.75, 3.05) is 0 Å². The fourth-order valence-electron chi connectivity index (χ4n) is 1.56. The Morgan fingerprint density at radius 2 is 2.00 bits per heavy atom. The number of primary amides is 1. The number of carbonyl (C=O) groups is 3. The number of urea groups is 1. The summed E-state index contributed by atoms with van der Waals surface area (Å²) in [7, 11) is 0. The summed E-state index contributed by atoms with van der Waals surface area (Å²) in [5, 5.41) is 13.7. The highest BCUT2D eigenvalue weighted by atomic mass is 32.1. The molecular weight excluding hydrogens is 282 g/mol. The molecule has 0 aliphatic rings. The lowest BCUT2D eigenvalue weighted by Gasteiger charge is -2.16. The molecule has 0 radical (unpaired) electrons. The van der Waals surface area contributed by atoms with Crippen molar-refractivity contribution in [3.05, 3.63) is 21.9 Å². The van der Waals surface area contributed by atoms with Gasteiger partial charge in [-0.3, -0.25) is 4.79 Å². The summed E-state index contributed by atoms with van der Waals surface area (Å²) in [6, 6.07) is 1.59. The van der Waals surface area contributed by atoms with Crippen molar-refractivity contribution < 1.29 is 19.5 Å². The molecular formula is C12H17N3O4S. The first-order valence-electron chi connectivity index (χ1n) is 5.94. The summed E-state index contributed by atoms with van der Waals surface area (Å²) >= 11 is 1.54. The zero-order chi connectivity index (χ0) is 15.3. The highest BCUT2D eigenvalue weighted by Crippen LogP contribution is 2.22. The van der Waals surface area contributed by atoms with Crippen molar-refractivity contribution >= 4 is 29.2 Å². The van der Waals surface area contributed by atoms with Crippen molar-refractivity contribution in [3.63, 3.8) is 0 Å². The van der Waals surface area contributed by atoms with Gasteiger partial charge >= 0.3 is 12.0 Å². The molecule has 0 fully saturated rings. The van der Waals surface area contributed by atoms with Gasteiger partial charge in [-0.15, -0.1) is 11.3 Å². The van der Waals surface area contributed by atoms with Crippen LogP contribution in [-0.2, 0) is 9.59 Å². The molecule has 1 unspecified atom stereocenters. The van der Waals surface area contributed by atoms with Gasteiger partial charge in [0.15, 0.2) is 0 Å². The Morgan fingerprint density at radius 1 is 1.35 bits per heavy atom.